The highest BCUT2D eigenvalue weighted by Crippen LogP contribution is 2.23. The number of halogens is 2. The summed E-state index contributed by atoms with van der Waals surface area (Å²) in [6.07, 6.45) is 0. The van der Waals surface area contributed by atoms with Gasteiger partial charge in [-0.15, -0.1) is 5.10 Å². The van der Waals surface area contributed by atoms with Crippen molar-refractivity contribution in [3.8, 4) is 0 Å². The Morgan fingerprint density at radius 2 is 2.25 bits per heavy atom. The molecule has 5 N–H and O–H groups in total. The van der Waals surface area contributed by atoms with Gasteiger partial charge in [-0.1, -0.05) is 28.5 Å². The molecule has 0 aliphatic rings. The maximum absolute atomic E-state index is 13.2. The first-order valence-corrected chi connectivity index (χ1v) is 7.81. The highest BCUT2D eigenvalue weighted by molar-refractivity contribution is 7.98. The van der Waals surface area contributed by atoms with E-state index < -0.39 is 5.82 Å². The molecule has 0 spiro atoms. The lowest BCUT2D eigenvalue weighted by Gasteiger charge is -2.00. The predicted octanol–water partition coefficient (Wildman–Crippen LogP) is 1.89. The van der Waals surface area contributed by atoms with Crippen molar-refractivity contribution in [2.75, 3.05) is 5.73 Å². The number of amidine groups is 1. The number of aromatic nitrogens is 5. The van der Waals surface area contributed by atoms with Crippen LogP contribution in [0.5, 0.6) is 0 Å². The molecule has 24 heavy (non-hydrogen) atoms. The van der Waals surface area contributed by atoms with Gasteiger partial charge in [-0.25, -0.2) is 19.1 Å². The van der Waals surface area contributed by atoms with Crippen LogP contribution in [0.3, 0.4) is 0 Å². The lowest BCUT2D eigenvalue weighted by molar-refractivity contribution is 0.303. The van der Waals surface area contributed by atoms with Crippen LogP contribution in [0.1, 0.15) is 11.4 Å². The molecular weight excluding hydrogens is 359 g/mol. The fourth-order valence-electron chi connectivity index (χ4n) is 1.70. The maximum atomic E-state index is 13.2. The molecule has 0 aliphatic heterocycles. The normalized spacial score (nSPS) is 11.8. The number of hydrogen-bond acceptors (Lipinski definition) is 8. The number of nitrogens with two attached hydrogens (primary N) is 2. The number of anilines is 1. The molecule has 0 unspecified atom stereocenters. The van der Waals surface area contributed by atoms with Gasteiger partial charge in [-0.3, -0.25) is 0 Å². The first kappa shape index (κ1) is 16.2. The third kappa shape index (κ3) is 3.63. The van der Waals surface area contributed by atoms with Crippen LogP contribution in [0.4, 0.5) is 16.0 Å². The second-order valence-corrected chi connectivity index (χ2v) is 5.80. The van der Waals surface area contributed by atoms with Gasteiger partial charge in [0.15, 0.2) is 11.5 Å². The molecule has 2 aromatic heterocycles. The molecule has 0 saturated carbocycles. The van der Waals surface area contributed by atoms with Crippen molar-refractivity contribution in [3.05, 3.63) is 40.4 Å². The molecule has 124 valence electrons. The van der Waals surface area contributed by atoms with Gasteiger partial charge in [0.25, 0.3) is 0 Å². The number of aromatic amines is 1. The minimum atomic E-state index is -0.542. The van der Waals surface area contributed by atoms with Crippen LogP contribution in [-0.4, -0.2) is 31.3 Å². The van der Waals surface area contributed by atoms with Crippen LogP contribution in [-0.2, 0) is 5.75 Å². The number of nitrogens with one attached hydrogen (secondary N) is 1. The van der Waals surface area contributed by atoms with Gasteiger partial charge < -0.3 is 11.5 Å². The lowest BCUT2D eigenvalue weighted by atomic mass is 10.3. The first-order valence-electron chi connectivity index (χ1n) is 6.44. The highest BCUT2D eigenvalue weighted by atomic mass is 35.5. The van der Waals surface area contributed by atoms with Gasteiger partial charge in [0.2, 0.25) is 11.1 Å². The van der Waals surface area contributed by atoms with Crippen molar-refractivity contribution in [3.63, 3.8) is 0 Å². The zero-order chi connectivity index (χ0) is 17.1. The van der Waals surface area contributed by atoms with E-state index in [0.29, 0.717) is 22.3 Å². The van der Waals surface area contributed by atoms with Gasteiger partial charge in [0, 0.05) is 5.75 Å². The summed E-state index contributed by atoms with van der Waals surface area (Å²) in [5, 5.41) is 14.3. The van der Waals surface area contributed by atoms with Crippen LogP contribution in [0.25, 0.3) is 0 Å². The highest BCUT2D eigenvalue weighted by Gasteiger charge is 2.15. The number of hydrogen-bond donors (Lipinski definition) is 3. The standard InChI is InChI=1S/C12H10ClFN8OS/c13-6-3-5(1-2-7(6)14)17-10(15)9-8(21-23-22-9)4-24-12-18-11(16)19-20-12/h1-3H,4H2,(H2,15,17)(H3,16,18,19,20). The van der Waals surface area contributed by atoms with E-state index in [4.69, 9.17) is 27.7 Å². The van der Waals surface area contributed by atoms with Crippen molar-refractivity contribution in [1.29, 1.82) is 0 Å². The number of rotatable bonds is 5. The predicted molar refractivity (Wildman–Crippen MR) is 86.4 cm³/mol. The summed E-state index contributed by atoms with van der Waals surface area (Å²) in [5.74, 6) is 0.0747. The Bertz CT molecular complexity index is 895. The molecule has 0 radical (unpaired) electrons. The molecule has 3 rings (SSSR count). The van der Waals surface area contributed by atoms with Crippen molar-refractivity contribution < 1.29 is 9.02 Å². The number of nitrogen functional groups attached to an aromatic ring is 1. The minimum Gasteiger partial charge on any atom is -0.382 e. The van der Waals surface area contributed by atoms with Crippen LogP contribution < -0.4 is 11.5 Å². The topological polar surface area (TPSA) is 145 Å². The van der Waals surface area contributed by atoms with Crippen molar-refractivity contribution >= 4 is 40.8 Å². The minimum absolute atomic E-state index is 0.0553. The molecule has 1 aromatic carbocycles. The zero-order valence-electron chi connectivity index (χ0n) is 11.9. The zero-order valence-corrected chi connectivity index (χ0v) is 13.5. The number of H-pyrrole nitrogens is 1. The first-order chi connectivity index (χ1) is 11.5. The molecular formula is C12H10ClFN8OS. The van der Waals surface area contributed by atoms with E-state index in [1.165, 1.54) is 30.0 Å². The van der Waals surface area contributed by atoms with Gasteiger partial charge in [0.1, 0.15) is 11.5 Å². The summed E-state index contributed by atoms with van der Waals surface area (Å²) in [6, 6.07) is 3.98. The number of aliphatic imine (C=N–C) groups is 1. The average Bonchev–Trinajstić information content (AvgIpc) is 3.17. The number of thioether (sulfide) groups is 1. The monoisotopic (exact) mass is 368 g/mol. The summed E-state index contributed by atoms with van der Waals surface area (Å²) < 4.78 is 17.9. The molecule has 0 amide bonds. The van der Waals surface area contributed by atoms with Gasteiger partial charge in [-0.2, -0.15) is 4.98 Å². The molecule has 3 aromatic rings. The molecule has 0 fully saturated rings. The average molecular weight is 369 g/mol. The van der Waals surface area contributed by atoms with E-state index in [1.54, 1.807) is 0 Å². The molecule has 2 heterocycles. The Kier molecular flexibility index (Phi) is 4.62. The SMILES string of the molecule is NC(=Nc1ccc(F)c(Cl)c1)c1nonc1CSc1n[nH]c(N)n1. The summed E-state index contributed by atoms with van der Waals surface area (Å²) in [7, 11) is 0. The molecule has 9 nitrogen and oxygen atoms in total. The van der Waals surface area contributed by atoms with Crippen LogP contribution in [0.2, 0.25) is 5.02 Å². The molecule has 0 bridgehead atoms. The quantitative estimate of drug-likeness (QED) is 0.351. The van der Waals surface area contributed by atoms with Crippen molar-refractivity contribution in [1.82, 2.24) is 25.5 Å². The van der Waals surface area contributed by atoms with Gasteiger partial charge in [0.05, 0.1) is 10.7 Å². The van der Waals surface area contributed by atoms with Gasteiger partial charge >= 0.3 is 0 Å². The second-order valence-electron chi connectivity index (χ2n) is 4.45. The molecule has 0 atom stereocenters. The number of benzene rings is 1. The van der Waals surface area contributed by atoms with E-state index in [1.807, 2.05) is 0 Å². The Morgan fingerprint density at radius 1 is 1.42 bits per heavy atom. The van der Waals surface area contributed by atoms with E-state index in [0.717, 1.165) is 0 Å². The fourth-order valence-corrected chi connectivity index (χ4v) is 2.60. The Labute approximate surface area is 143 Å². The fraction of sp³-hybridized carbons (Fsp3) is 0.0833. The van der Waals surface area contributed by atoms with E-state index in [2.05, 4.69) is 30.5 Å². The Balaban J connectivity index is 1.78. The molecule has 0 aliphatic carbocycles. The van der Waals surface area contributed by atoms with Crippen molar-refractivity contribution in [2.45, 2.75) is 10.9 Å². The third-order valence-electron chi connectivity index (χ3n) is 2.77. The van der Waals surface area contributed by atoms with E-state index >= 15 is 0 Å². The summed E-state index contributed by atoms with van der Waals surface area (Å²) in [5.41, 5.74) is 12.5. The summed E-state index contributed by atoms with van der Waals surface area (Å²) >= 11 is 6.98. The smallest absolute Gasteiger partial charge is 0.216 e. The summed E-state index contributed by atoms with van der Waals surface area (Å²) in [6.45, 7) is 0. The van der Waals surface area contributed by atoms with E-state index in [9.17, 15) is 4.39 Å². The molecule has 12 heteroatoms. The van der Waals surface area contributed by atoms with Crippen LogP contribution in [0, 0.1) is 5.82 Å². The Hall–Kier alpha value is -2.66. The second kappa shape index (κ2) is 6.84. The summed E-state index contributed by atoms with van der Waals surface area (Å²) in [4.78, 5) is 8.09. The lowest BCUT2D eigenvalue weighted by Crippen LogP contribution is -2.15. The maximum Gasteiger partial charge on any atom is 0.216 e. The van der Waals surface area contributed by atoms with Crippen LogP contribution in [0.15, 0.2) is 33.0 Å². The van der Waals surface area contributed by atoms with E-state index in [-0.39, 0.29) is 22.5 Å². The largest absolute Gasteiger partial charge is 0.382 e. The third-order valence-corrected chi connectivity index (χ3v) is 3.92. The Morgan fingerprint density at radius 3 is 2.96 bits per heavy atom. The van der Waals surface area contributed by atoms with Crippen LogP contribution >= 0.6 is 23.4 Å². The number of nitrogens with zero attached hydrogens (tertiary/aromatic N) is 5. The molecule has 0 saturated heterocycles. The van der Waals surface area contributed by atoms with Gasteiger partial charge in [-0.05, 0) is 23.4 Å². The van der Waals surface area contributed by atoms with Crippen molar-refractivity contribution in [2.24, 2.45) is 10.7 Å².